The van der Waals surface area contributed by atoms with Gasteiger partial charge in [-0.1, -0.05) is 30.3 Å². The predicted molar refractivity (Wildman–Crippen MR) is 87.5 cm³/mol. The van der Waals surface area contributed by atoms with Crippen molar-refractivity contribution in [2.75, 3.05) is 13.9 Å². The second kappa shape index (κ2) is 7.23. The van der Waals surface area contributed by atoms with Gasteiger partial charge in [0.25, 0.3) is 0 Å². The summed E-state index contributed by atoms with van der Waals surface area (Å²) >= 11 is 0. The Morgan fingerprint density at radius 2 is 2.04 bits per heavy atom. The summed E-state index contributed by atoms with van der Waals surface area (Å²) in [6.45, 7) is 0.547. The molecule has 0 radical (unpaired) electrons. The molecule has 0 aromatic heterocycles. The summed E-state index contributed by atoms with van der Waals surface area (Å²) in [6.07, 6.45) is 0.415. The number of benzene rings is 2. The number of methoxy groups -OCH3 is 1. The molecule has 2 aromatic rings. The fourth-order valence-corrected chi connectivity index (χ4v) is 2.62. The molecule has 0 spiro atoms. The number of hydrogen-bond donors (Lipinski definition) is 2. The Kier molecular flexibility index (Phi) is 4.86. The van der Waals surface area contributed by atoms with Gasteiger partial charge in [0.05, 0.1) is 7.11 Å². The third kappa shape index (κ3) is 3.60. The van der Waals surface area contributed by atoms with Gasteiger partial charge in [-0.15, -0.1) is 0 Å². The molecule has 1 aliphatic heterocycles. The van der Waals surface area contributed by atoms with Crippen molar-refractivity contribution in [3.63, 3.8) is 0 Å². The van der Waals surface area contributed by atoms with Crippen LogP contribution in [0.1, 0.15) is 11.1 Å². The van der Waals surface area contributed by atoms with Crippen molar-refractivity contribution in [2.24, 2.45) is 0 Å². The molecule has 0 aliphatic carbocycles. The molecule has 0 saturated carbocycles. The molecule has 1 atom stereocenters. The molecule has 2 aromatic carbocycles. The van der Waals surface area contributed by atoms with E-state index in [1.54, 1.807) is 7.11 Å². The van der Waals surface area contributed by atoms with E-state index >= 15 is 0 Å². The first-order valence-corrected chi connectivity index (χ1v) is 7.64. The number of nitrogens with one attached hydrogen (secondary N) is 1. The lowest BCUT2D eigenvalue weighted by atomic mass is 10.1. The minimum Gasteiger partial charge on any atom is -0.493 e. The van der Waals surface area contributed by atoms with Crippen LogP contribution in [0.2, 0.25) is 0 Å². The second-order valence-electron chi connectivity index (χ2n) is 5.49. The van der Waals surface area contributed by atoms with Gasteiger partial charge in [0.2, 0.25) is 12.5 Å². The highest BCUT2D eigenvalue weighted by molar-refractivity contribution is 5.74. The molecule has 6 nitrogen and oxygen atoms in total. The number of hydrogen-bond acceptors (Lipinski definition) is 5. The van der Waals surface area contributed by atoms with Gasteiger partial charge in [-0.25, -0.2) is 0 Å². The van der Waals surface area contributed by atoms with Crippen LogP contribution in [-0.4, -0.2) is 31.0 Å². The van der Waals surface area contributed by atoms with Crippen LogP contribution < -0.4 is 19.5 Å². The summed E-state index contributed by atoms with van der Waals surface area (Å²) in [7, 11) is 1.56. The minimum atomic E-state index is -0.883. The Morgan fingerprint density at radius 1 is 1.25 bits per heavy atom. The molecule has 0 fully saturated rings. The van der Waals surface area contributed by atoms with E-state index < -0.39 is 12.0 Å². The van der Waals surface area contributed by atoms with Crippen molar-refractivity contribution in [1.82, 2.24) is 5.32 Å². The van der Waals surface area contributed by atoms with Crippen LogP contribution in [0.5, 0.6) is 17.2 Å². The first-order chi connectivity index (χ1) is 11.7. The summed E-state index contributed by atoms with van der Waals surface area (Å²) in [4.78, 5) is 11.5. The van der Waals surface area contributed by atoms with Gasteiger partial charge < -0.3 is 24.6 Å². The Bertz CT molecular complexity index is 717. The zero-order valence-corrected chi connectivity index (χ0v) is 13.3. The van der Waals surface area contributed by atoms with Crippen molar-refractivity contribution in [3.8, 4) is 17.2 Å². The summed E-state index contributed by atoms with van der Waals surface area (Å²) < 4.78 is 16.0. The molecular formula is C18H19NO5. The van der Waals surface area contributed by atoms with E-state index in [2.05, 4.69) is 5.32 Å². The van der Waals surface area contributed by atoms with Crippen LogP contribution in [0.4, 0.5) is 0 Å². The topological polar surface area (TPSA) is 77.0 Å². The number of carboxylic acids is 1. The molecule has 1 aliphatic rings. The molecule has 0 bridgehead atoms. The lowest BCUT2D eigenvalue weighted by molar-refractivity contribution is -0.139. The Balaban J connectivity index is 1.70. The summed E-state index contributed by atoms with van der Waals surface area (Å²) in [5, 5.41) is 12.5. The summed E-state index contributed by atoms with van der Waals surface area (Å²) in [6, 6.07) is 12.5. The second-order valence-corrected chi connectivity index (χ2v) is 5.49. The van der Waals surface area contributed by atoms with Gasteiger partial charge in [0.1, 0.15) is 6.04 Å². The summed E-state index contributed by atoms with van der Waals surface area (Å²) in [5.74, 6) is 0.893. The van der Waals surface area contributed by atoms with Crippen LogP contribution in [0.15, 0.2) is 42.5 Å². The standard InChI is InChI=1S/C18H19NO5/c1-22-15-8-13(9-16-17(15)24-11-23-16)10-19-14(18(20)21)7-12-5-3-2-4-6-12/h2-6,8-9,14,19H,7,10-11H2,1H3,(H,20,21)/t14-/m0/s1. The SMILES string of the molecule is COc1cc(CN[C@@H](Cc2ccccc2)C(=O)O)cc2c1OCO2. The quantitative estimate of drug-likeness (QED) is 0.811. The van der Waals surface area contributed by atoms with E-state index in [4.69, 9.17) is 14.2 Å². The maximum atomic E-state index is 11.5. The number of carboxylic acid groups (broad SMARTS) is 1. The van der Waals surface area contributed by atoms with E-state index in [1.807, 2.05) is 42.5 Å². The van der Waals surface area contributed by atoms with Crippen molar-refractivity contribution < 1.29 is 24.1 Å². The van der Waals surface area contributed by atoms with Gasteiger partial charge in [0, 0.05) is 6.54 Å². The number of carbonyl (C=O) groups is 1. The fraction of sp³-hybridized carbons (Fsp3) is 0.278. The first kappa shape index (κ1) is 16.1. The molecule has 24 heavy (non-hydrogen) atoms. The number of rotatable bonds is 7. The number of ether oxygens (including phenoxy) is 3. The van der Waals surface area contributed by atoms with Gasteiger partial charge in [0.15, 0.2) is 11.5 Å². The molecular weight excluding hydrogens is 310 g/mol. The van der Waals surface area contributed by atoms with Crippen LogP contribution >= 0.6 is 0 Å². The maximum Gasteiger partial charge on any atom is 0.321 e. The van der Waals surface area contributed by atoms with E-state index in [9.17, 15) is 9.90 Å². The highest BCUT2D eigenvalue weighted by Gasteiger charge is 2.21. The molecule has 0 unspecified atom stereocenters. The Labute approximate surface area is 140 Å². The molecule has 1 heterocycles. The van der Waals surface area contributed by atoms with Gasteiger partial charge in [-0.05, 0) is 29.7 Å². The van der Waals surface area contributed by atoms with Crippen molar-refractivity contribution in [3.05, 3.63) is 53.6 Å². The monoisotopic (exact) mass is 329 g/mol. The highest BCUT2D eigenvalue weighted by atomic mass is 16.7. The molecule has 6 heteroatoms. The third-order valence-corrected chi connectivity index (χ3v) is 3.85. The zero-order valence-electron chi connectivity index (χ0n) is 13.3. The summed E-state index contributed by atoms with van der Waals surface area (Å²) in [5.41, 5.74) is 1.84. The Hall–Kier alpha value is -2.73. The van der Waals surface area contributed by atoms with Crippen LogP contribution in [0, 0.1) is 0 Å². The largest absolute Gasteiger partial charge is 0.493 e. The van der Waals surface area contributed by atoms with E-state index in [0.717, 1.165) is 11.1 Å². The van der Waals surface area contributed by atoms with Crippen LogP contribution in [0.3, 0.4) is 0 Å². The lowest BCUT2D eigenvalue weighted by Crippen LogP contribution is -2.38. The minimum absolute atomic E-state index is 0.161. The van der Waals surface area contributed by atoms with E-state index in [-0.39, 0.29) is 6.79 Å². The fourth-order valence-electron chi connectivity index (χ4n) is 2.62. The average Bonchev–Trinajstić information content (AvgIpc) is 3.07. The van der Waals surface area contributed by atoms with Crippen molar-refractivity contribution in [1.29, 1.82) is 0 Å². The van der Waals surface area contributed by atoms with E-state index in [0.29, 0.717) is 30.2 Å². The van der Waals surface area contributed by atoms with Gasteiger partial charge >= 0.3 is 5.97 Å². The zero-order chi connectivity index (χ0) is 16.9. The molecule has 2 N–H and O–H groups in total. The average molecular weight is 329 g/mol. The normalized spacial score (nSPS) is 13.5. The first-order valence-electron chi connectivity index (χ1n) is 7.64. The van der Waals surface area contributed by atoms with E-state index in [1.165, 1.54) is 0 Å². The third-order valence-electron chi connectivity index (χ3n) is 3.85. The van der Waals surface area contributed by atoms with Gasteiger partial charge in [-0.3, -0.25) is 4.79 Å². The predicted octanol–water partition coefficient (Wildman–Crippen LogP) is 2.21. The van der Waals surface area contributed by atoms with Crippen molar-refractivity contribution in [2.45, 2.75) is 19.0 Å². The maximum absolute atomic E-state index is 11.5. The Morgan fingerprint density at radius 3 is 2.75 bits per heavy atom. The molecule has 126 valence electrons. The number of aliphatic carboxylic acids is 1. The molecule has 3 rings (SSSR count). The number of fused-ring (bicyclic) bond motifs is 1. The molecule has 0 amide bonds. The lowest BCUT2D eigenvalue weighted by Gasteiger charge is -2.15. The van der Waals surface area contributed by atoms with Crippen LogP contribution in [-0.2, 0) is 17.8 Å². The van der Waals surface area contributed by atoms with Gasteiger partial charge in [-0.2, -0.15) is 0 Å². The van der Waals surface area contributed by atoms with Crippen LogP contribution in [0.25, 0.3) is 0 Å². The highest BCUT2D eigenvalue weighted by Crippen LogP contribution is 2.41. The smallest absolute Gasteiger partial charge is 0.321 e. The van der Waals surface area contributed by atoms with Crippen molar-refractivity contribution >= 4 is 5.97 Å². The molecule has 0 saturated heterocycles.